The van der Waals surface area contributed by atoms with Crippen LogP contribution in [0, 0.1) is 0 Å². The summed E-state index contributed by atoms with van der Waals surface area (Å²) in [7, 11) is 4.29. The van der Waals surface area contributed by atoms with E-state index in [1.807, 2.05) is 0 Å². The molecule has 5 nitrogen and oxygen atoms in total. The molecule has 0 aliphatic carbocycles. The Morgan fingerprint density at radius 3 is 1.52 bits per heavy atom. The van der Waals surface area contributed by atoms with Gasteiger partial charge in [0.2, 0.25) is 0 Å². The minimum atomic E-state index is 0.505. The van der Waals surface area contributed by atoms with Crippen LogP contribution >= 0.6 is 0 Å². The second-order valence-electron chi connectivity index (χ2n) is 6.81. The summed E-state index contributed by atoms with van der Waals surface area (Å²) in [6.45, 7) is 12.6. The Morgan fingerprint density at radius 2 is 1.22 bits per heavy atom. The lowest BCUT2D eigenvalue weighted by atomic mass is 10.3. The molecule has 2 aliphatic heterocycles. The molecule has 23 heavy (non-hydrogen) atoms. The molecule has 0 saturated heterocycles. The molecule has 0 fully saturated rings. The fraction of sp³-hybridized carbons (Fsp3) is 0.778. The maximum atomic E-state index is 2.59. The number of nitrogens with zero attached hydrogens (tertiary/aromatic N) is 5. The Balaban J connectivity index is 1.60. The van der Waals surface area contributed by atoms with E-state index in [0.29, 0.717) is 12.3 Å². The van der Waals surface area contributed by atoms with Gasteiger partial charge < -0.3 is 24.5 Å². The fourth-order valence-electron chi connectivity index (χ4n) is 3.25. The molecule has 132 valence electrons. The van der Waals surface area contributed by atoms with Gasteiger partial charge in [-0.1, -0.05) is 6.92 Å². The predicted molar refractivity (Wildman–Crippen MR) is 97.5 cm³/mol. The van der Waals surface area contributed by atoms with E-state index < -0.39 is 0 Å². The quantitative estimate of drug-likeness (QED) is 0.645. The highest BCUT2D eigenvalue weighted by atomic mass is 15.4. The van der Waals surface area contributed by atoms with Crippen LogP contribution in [0.3, 0.4) is 0 Å². The second kappa shape index (κ2) is 8.48. The van der Waals surface area contributed by atoms with Crippen molar-refractivity contribution in [3.63, 3.8) is 0 Å². The van der Waals surface area contributed by atoms with E-state index in [-0.39, 0.29) is 0 Å². The molecular weight excluding hydrogens is 286 g/mol. The van der Waals surface area contributed by atoms with Gasteiger partial charge in [0.05, 0.1) is 12.3 Å². The maximum absolute atomic E-state index is 2.59. The highest BCUT2D eigenvalue weighted by molar-refractivity contribution is 4.94. The number of hydrogen-bond donors (Lipinski definition) is 0. The predicted octanol–water partition coefficient (Wildman–Crippen LogP) is 2.22. The van der Waals surface area contributed by atoms with Gasteiger partial charge in [0.15, 0.2) is 0 Å². The van der Waals surface area contributed by atoms with Crippen LogP contribution in [0.5, 0.6) is 0 Å². The van der Waals surface area contributed by atoms with Crippen LogP contribution in [0.15, 0.2) is 24.8 Å². The van der Waals surface area contributed by atoms with Crippen LogP contribution in [0.2, 0.25) is 0 Å². The van der Waals surface area contributed by atoms with Gasteiger partial charge in [0.25, 0.3) is 0 Å². The Hall–Kier alpha value is -1.36. The maximum Gasteiger partial charge on any atom is 0.0974 e. The summed E-state index contributed by atoms with van der Waals surface area (Å²) in [5, 5.41) is 0. The third-order valence-corrected chi connectivity index (χ3v) is 5.35. The van der Waals surface area contributed by atoms with Gasteiger partial charge >= 0.3 is 0 Å². The zero-order valence-corrected chi connectivity index (χ0v) is 15.6. The molecule has 0 radical (unpaired) electrons. The summed E-state index contributed by atoms with van der Waals surface area (Å²) in [6, 6.07) is 0. The minimum Gasteiger partial charge on any atom is -0.359 e. The largest absolute Gasteiger partial charge is 0.359 e. The average molecular weight is 322 g/mol. The first-order chi connectivity index (χ1) is 11.0. The molecule has 0 N–H and O–H groups in total. The third-order valence-electron chi connectivity index (χ3n) is 5.35. The van der Waals surface area contributed by atoms with Crippen molar-refractivity contribution in [2.75, 3.05) is 46.8 Å². The molecule has 0 aromatic carbocycles. The first-order valence-electron chi connectivity index (χ1n) is 9.07. The van der Waals surface area contributed by atoms with E-state index in [1.54, 1.807) is 0 Å². The molecule has 0 bridgehead atoms. The lowest BCUT2D eigenvalue weighted by molar-refractivity contribution is 0.172. The van der Waals surface area contributed by atoms with E-state index in [9.17, 15) is 0 Å². The van der Waals surface area contributed by atoms with Crippen LogP contribution in [0.4, 0.5) is 0 Å². The first kappa shape index (κ1) is 18.0. The highest BCUT2D eigenvalue weighted by Gasteiger charge is 2.19. The molecule has 2 unspecified atom stereocenters. The van der Waals surface area contributed by atoms with Crippen LogP contribution in [0.25, 0.3) is 0 Å². The second-order valence-corrected chi connectivity index (χ2v) is 6.81. The third kappa shape index (κ3) is 4.80. The van der Waals surface area contributed by atoms with Crippen LogP contribution in [-0.2, 0) is 0 Å². The molecule has 2 rings (SSSR count). The fourth-order valence-corrected chi connectivity index (χ4v) is 3.25. The molecule has 0 amide bonds. The van der Waals surface area contributed by atoms with Crippen molar-refractivity contribution in [1.82, 2.24) is 24.5 Å². The van der Waals surface area contributed by atoms with Crippen molar-refractivity contribution in [1.29, 1.82) is 0 Å². The molecule has 0 spiro atoms. The lowest BCUT2D eigenvalue weighted by Gasteiger charge is -2.29. The van der Waals surface area contributed by atoms with Crippen molar-refractivity contribution < 1.29 is 0 Å². The van der Waals surface area contributed by atoms with E-state index >= 15 is 0 Å². The molecule has 2 heterocycles. The summed E-state index contributed by atoms with van der Waals surface area (Å²) in [5.41, 5.74) is 0. The first-order valence-corrected chi connectivity index (χ1v) is 9.07. The smallest absolute Gasteiger partial charge is 0.0974 e. The van der Waals surface area contributed by atoms with Gasteiger partial charge in [-0.2, -0.15) is 0 Å². The van der Waals surface area contributed by atoms with E-state index in [2.05, 4.69) is 84.2 Å². The zero-order chi connectivity index (χ0) is 16.8. The topological polar surface area (TPSA) is 16.2 Å². The average Bonchev–Trinajstić information content (AvgIpc) is 3.03. The van der Waals surface area contributed by atoms with Crippen molar-refractivity contribution in [2.45, 2.75) is 45.9 Å². The van der Waals surface area contributed by atoms with E-state index in [1.165, 1.54) is 25.9 Å². The van der Waals surface area contributed by atoms with Gasteiger partial charge in [-0.05, 0) is 46.3 Å². The van der Waals surface area contributed by atoms with E-state index in [4.69, 9.17) is 0 Å². The standard InChI is InChI=1S/C18H35N5/c1-6-21(9-7-11-22-15-13-19(4)17(22)2)10-8-12-23-16-14-20(5)18(23)3/h13-18H,6-12H2,1-5H3. The van der Waals surface area contributed by atoms with Crippen molar-refractivity contribution in [3.8, 4) is 0 Å². The Bertz CT molecular complexity index is 372. The van der Waals surface area contributed by atoms with Crippen molar-refractivity contribution >= 4 is 0 Å². The van der Waals surface area contributed by atoms with Crippen LogP contribution in [-0.4, -0.2) is 83.7 Å². The zero-order valence-electron chi connectivity index (χ0n) is 15.6. The Morgan fingerprint density at radius 1 is 0.783 bits per heavy atom. The highest BCUT2D eigenvalue weighted by Crippen LogP contribution is 2.14. The minimum absolute atomic E-state index is 0.505. The summed E-state index contributed by atoms with van der Waals surface area (Å²) in [6.07, 6.45) is 12.3. The van der Waals surface area contributed by atoms with Gasteiger partial charge in [0, 0.05) is 52.0 Å². The summed E-state index contributed by atoms with van der Waals surface area (Å²) in [4.78, 5) is 12.0. The van der Waals surface area contributed by atoms with Gasteiger partial charge in [0.1, 0.15) is 0 Å². The molecular formula is C18H35N5. The molecule has 0 saturated carbocycles. The van der Waals surface area contributed by atoms with Gasteiger partial charge in [-0.25, -0.2) is 0 Å². The summed E-state index contributed by atoms with van der Waals surface area (Å²) >= 11 is 0. The van der Waals surface area contributed by atoms with Crippen LogP contribution < -0.4 is 0 Å². The SMILES string of the molecule is CCN(CCCN1C=CN(C)C1C)CCCN1C=CN(C)C1C. The number of rotatable bonds is 9. The van der Waals surface area contributed by atoms with Gasteiger partial charge in [-0.15, -0.1) is 0 Å². The molecule has 0 aromatic rings. The molecule has 5 heteroatoms. The molecule has 0 aromatic heterocycles. The Kier molecular flexibility index (Phi) is 6.63. The number of hydrogen-bond acceptors (Lipinski definition) is 5. The van der Waals surface area contributed by atoms with Crippen LogP contribution in [0.1, 0.15) is 33.6 Å². The van der Waals surface area contributed by atoms with E-state index in [0.717, 1.165) is 19.6 Å². The molecule has 2 atom stereocenters. The van der Waals surface area contributed by atoms with Gasteiger partial charge in [-0.3, -0.25) is 0 Å². The summed E-state index contributed by atoms with van der Waals surface area (Å²) in [5.74, 6) is 0. The summed E-state index contributed by atoms with van der Waals surface area (Å²) < 4.78 is 0. The monoisotopic (exact) mass is 321 g/mol. The lowest BCUT2D eigenvalue weighted by Crippen LogP contribution is -2.37. The van der Waals surface area contributed by atoms with Crippen molar-refractivity contribution in [2.24, 2.45) is 0 Å². The Labute approximate surface area is 142 Å². The molecule has 2 aliphatic rings. The normalized spacial score (nSPS) is 23.9. The van der Waals surface area contributed by atoms with Crippen molar-refractivity contribution in [3.05, 3.63) is 24.8 Å².